The predicted molar refractivity (Wildman–Crippen MR) is 120 cm³/mol. The Morgan fingerprint density at radius 1 is 1.15 bits per heavy atom. The zero-order chi connectivity index (χ0) is 23.7. The van der Waals surface area contributed by atoms with E-state index in [1.165, 1.54) is 4.68 Å². The van der Waals surface area contributed by atoms with Gasteiger partial charge < -0.3 is 20.2 Å². The molecule has 12 nitrogen and oxygen atoms in total. The van der Waals surface area contributed by atoms with Crippen molar-refractivity contribution >= 4 is 17.8 Å². The summed E-state index contributed by atoms with van der Waals surface area (Å²) in [6.07, 6.45) is 3.75. The van der Waals surface area contributed by atoms with E-state index in [1.807, 2.05) is 4.90 Å². The number of hydrogen-bond acceptors (Lipinski definition) is 8. The molecule has 34 heavy (non-hydrogen) atoms. The van der Waals surface area contributed by atoms with E-state index in [1.54, 1.807) is 42.3 Å². The fourth-order valence-corrected chi connectivity index (χ4v) is 4.20. The van der Waals surface area contributed by atoms with Crippen LogP contribution in [-0.2, 0) is 13.1 Å². The van der Waals surface area contributed by atoms with E-state index in [-0.39, 0.29) is 24.4 Å². The summed E-state index contributed by atoms with van der Waals surface area (Å²) in [5.41, 5.74) is 2.59. The van der Waals surface area contributed by atoms with E-state index in [2.05, 4.69) is 30.8 Å². The Hall–Kier alpha value is -3.93. The zero-order valence-electron chi connectivity index (χ0n) is 18.8. The summed E-state index contributed by atoms with van der Waals surface area (Å²) >= 11 is 0. The summed E-state index contributed by atoms with van der Waals surface area (Å²) in [5.74, 6) is 0.304. The van der Waals surface area contributed by atoms with Gasteiger partial charge in [0.15, 0.2) is 0 Å². The standard InChI is InChI=1S/C22H25N9O3/c1-14(13-32)31-20(26-27-28-31)17-5-4-6-19(24-17)25-21(33)18-9-15-11-30(12-16(15)10-23-18)22(34)29-7-2-3-8-29/h4-6,9-10,14,32H,2-3,7-8,11-13H2,1H3,(H,24,25,33)/t14-/m1/s1. The molecule has 0 bridgehead atoms. The van der Waals surface area contributed by atoms with Crippen LogP contribution in [0.4, 0.5) is 10.6 Å². The minimum atomic E-state index is -0.403. The Balaban J connectivity index is 1.29. The lowest BCUT2D eigenvalue weighted by Crippen LogP contribution is -2.38. The number of amides is 3. The summed E-state index contributed by atoms with van der Waals surface area (Å²) < 4.78 is 1.48. The average molecular weight is 464 g/mol. The van der Waals surface area contributed by atoms with Gasteiger partial charge in [0.05, 0.1) is 12.6 Å². The van der Waals surface area contributed by atoms with Gasteiger partial charge in [-0.3, -0.25) is 9.78 Å². The minimum absolute atomic E-state index is 0.0403. The smallest absolute Gasteiger partial charge is 0.320 e. The van der Waals surface area contributed by atoms with Crippen molar-refractivity contribution in [3.05, 3.63) is 47.3 Å². The maximum Gasteiger partial charge on any atom is 0.320 e. The number of anilines is 1. The predicted octanol–water partition coefficient (Wildman–Crippen LogP) is 1.47. The minimum Gasteiger partial charge on any atom is -0.394 e. The Morgan fingerprint density at radius 2 is 1.94 bits per heavy atom. The SMILES string of the molecule is C[C@H](CO)n1nnnc1-c1cccc(NC(=O)c2cc3c(cn2)CN(C(=O)N2CCCC2)C3)n1. The lowest BCUT2D eigenvalue weighted by molar-refractivity contribution is 0.102. The van der Waals surface area contributed by atoms with Crippen LogP contribution in [0.2, 0.25) is 0 Å². The monoisotopic (exact) mass is 463 g/mol. The van der Waals surface area contributed by atoms with Gasteiger partial charge in [-0.2, -0.15) is 0 Å². The number of tetrazole rings is 1. The molecule has 0 spiro atoms. The first-order chi connectivity index (χ1) is 16.5. The summed E-state index contributed by atoms with van der Waals surface area (Å²) in [6, 6.07) is 6.57. The van der Waals surface area contributed by atoms with Crippen LogP contribution in [0.15, 0.2) is 30.5 Å². The van der Waals surface area contributed by atoms with Crippen LogP contribution in [0.25, 0.3) is 11.5 Å². The third-order valence-corrected chi connectivity index (χ3v) is 6.08. The zero-order valence-corrected chi connectivity index (χ0v) is 18.8. The van der Waals surface area contributed by atoms with Gasteiger partial charge in [-0.05, 0) is 59.5 Å². The number of hydrogen-bond donors (Lipinski definition) is 2. The first-order valence-electron chi connectivity index (χ1n) is 11.2. The quantitative estimate of drug-likeness (QED) is 0.579. The fraction of sp³-hybridized carbons (Fsp3) is 0.409. The van der Waals surface area contributed by atoms with Crippen LogP contribution in [0.1, 0.15) is 47.4 Å². The number of carbonyl (C=O) groups excluding carboxylic acids is 2. The molecule has 0 aromatic carbocycles. The highest BCUT2D eigenvalue weighted by atomic mass is 16.3. The molecule has 3 aromatic heterocycles. The number of fused-ring (bicyclic) bond motifs is 1. The summed E-state index contributed by atoms with van der Waals surface area (Å²) in [6.45, 7) is 4.23. The van der Waals surface area contributed by atoms with Crippen LogP contribution in [0, 0.1) is 0 Å². The number of aliphatic hydroxyl groups excluding tert-OH is 1. The highest BCUT2D eigenvalue weighted by molar-refractivity contribution is 6.02. The number of pyridine rings is 2. The number of nitrogens with zero attached hydrogens (tertiary/aromatic N) is 8. The molecule has 5 heterocycles. The van der Waals surface area contributed by atoms with Crippen molar-refractivity contribution in [1.82, 2.24) is 40.0 Å². The fourth-order valence-electron chi connectivity index (χ4n) is 4.20. The van der Waals surface area contributed by atoms with E-state index in [4.69, 9.17) is 0 Å². The molecule has 1 atom stereocenters. The van der Waals surface area contributed by atoms with E-state index in [0.29, 0.717) is 30.4 Å². The second kappa shape index (κ2) is 9.14. The Labute approximate surface area is 195 Å². The second-order valence-electron chi connectivity index (χ2n) is 8.51. The van der Waals surface area contributed by atoms with Crippen molar-refractivity contribution in [3.8, 4) is 11.5 Å². The Bertz CT molecular complexity index is 1220. The summed E-state index contributed by atoms with van der Waals surface area (Å²) in [7, 11) is 0. The van der Waals surface area contributed by atoms with Gasteiger partial charge in [0.1, 0.15) is 17.2 Å². The van der Waals surface area contributed by atoms with Gasteiger partial charge in [-0.1, -0.05) is 6.07 Å². The number of likely N-dealkylation sites (tertiary alicyclic amines) is 1. The molecule has 3 aromatic rings. The van der Waals surface area contributed by atoms with Crippen LogP contribution >= 0.6 is 0 Å². The van der Waals surface area contributed by atoms with Crippen LogP contribution in [0.3, 0.4) is 0 Å². The van der Waals surface area contributed by atoms with Gasteiger partial charge in [-0.25, -0.2) is 14.5 Å². The highest BCUT2D eigenvalue weighted by Gasteiger charge is 2.29. The van der Waals surface area contributed by atoms with Crippen molar-refractivity contribution in [2.24, 2.45) is 0 Å². The van der Waals surface area contributed by atoms with Gasteiger partial charge in [-0.15, -0.1) is 5.10 Å². The van der Waals surface area contributed by atoms with Crippen molar-refractivity contribution < 1.29 is 14.7 Å². The molecule has 2 N–H and O–H groups in total. The molecule has 0 unspecified atom stereocenters. The van der Waals surface area contributed by atoms with E-state index in [9.17, 15) is 14.7 Å². The number of nitrogens with one attached hydrogen (secondary N) is 1. The first kappa shape index (κ1) is 21.9. The summed E-state index contributed by atoms with van der Waals surface area (Å²) in [4.78, 5) is 38.0. The maximum absolute atomic E-state index is 12.9. The molecule has 3 amide bonds. The van der Waals surface area contributed by atoms with Gasteiger partial charge in [0, 0.05) is 32.4 Å². The Morgan fingerprint density at radius 3 is 2.74 bits per heavy atom. The van der Waals surface area contributed by atoms with Crippen molar-refractivity contribution in [2.75, 3.05) is 25.0 Å². The third kappa shape index (κ3) is 4.19. The number of rotatable bonds is 5. The number of aromatic nitrogens is 6. The lowest BCUT2D eigenvalue weighted by Gasteiger charge is -2.23. The molecular weight excluding hydrogens is 438 g/mol. The second-order valence-corrected chi connectivity index (χ2v) is 8.51. The van der Waals surface area contributed by atoms with Crippen LogP contribution < -0.4 is 5.32 Å². The molecular formula is C22H25N9O3. The molecule has 2 aliphatic rings. The molecule has 0 radical (unpaired) electrons. The molecule has 2 aliphatic heterocycles. The van der Waals surface area contributed by atoms with Crippen LogP contribution in [-0.4, -0.2) is 76.7 Å². The van der Waals surface area contributed by atoms with E-state index >= 15 is 0 Å². The van der Waals surface area contributed by atoms with E-state index in [0.717, 1.165) is 37.1 Å². The molecule has 176 valence electrons. The number of urea groups is 1. The first-order valence-corrected chi connectivity index (χ1v) is 11.2. The molecule has 1 fully saturated rings. The van der Waals surface area contributed by atoms with Gasteiger partial charge in [0.25, 0.3) is 5.91 Å². The molecule has 5 rings (SSSR count). The topological polar surface area (TPSA) is 142 Å². The van der Waals surface area contributed by atoms with Crippen LogP contribution in [0.5, 0.6) is 0 Å². The molecule has 1 saturated heterocycles. The van der Waals surface area contributed by atoms with Crippen molar-refractivity contribution in [3.63, 3.8) is 0 Å². The van der Waals surface area contributed by atoms with E-state index < -0.39 is 5.91 Å². The third-order valence-electron chi connectivity index (χ3n) is 6.08. The average Bonchev–Trinajstić information content (AvgIpc) is 3.63. The lowest BCUT2D eigenvalue weighted by atomic mass is 10.1. The number of carbonyl (C=O) groups is 2. The normalized spacial score (nSPS) is 15.9. The van der Waals surface area contributed by atoms with Gasteiger partial charge in [0.2, 0.25) is 5.82 Å². The maximum atomic E-state index is 12.9. The Kier molecular flexibility index (Phi) is 5.88. The van der Waals surface area contributed by atoms with Crippen molar-refractivity contribution in [2.45, 2.75) is 38.9 Å². The van der Waals surface area contributed by atoms with Crippen molar-refractivity contribution in [1.29, 1.82) is 0 Å². The highest BCUT2D eigenvalue weighted by Crippen LogP contribution is 2.25. The largest absolute Gasteiger partial charge is 0.394 e. The molecule has 0 aliphatic carbocycles. The molecule has 12 heteroatoms. The number of aliphatic hydroxyl groups is 1. The molecule has 0 saturated carbocycles. The van der Waals surface area contributed by atoms with Gasteiger partial charge >= 0.3 is 6.03 Å². The summed E-state index contributed by atoms with van der Waals surface area (Å²) in [5, 5.41) is 23.7.